The highest BCUT2D eigenvalue weighted by Crippen LogP contribution is 2.58. The van der Waals surface area contributed by atoms with Crippen molar-refractivity contribution >= 4 is 28.8 Å². The molecule has 5 rings (SSSR count). The van der Waals surface area contributed by atoms with Crippen molar-refractivity contribution in [2.24, 2.45) is 11.8 Å². The number of rotatable bonds is 8. The molecule has 1 aromatic carbocycles. The van der Waals surface area contributed by atoms with E-state index in [4.69, 9.17) is 4.74 Å². The Kier molecular flexibility index (Phi) is 5.17. The van der Waals surface area contributed by atoms with E-state index in [1.165, 1.54) is 9.80 Å². The molecule has 0 saturated carbocycles. The van der Waals surface area contributed by atoms with Crippen LogP contribution in [0.15, 0.2) is 36.9 Å². The molecule has 3 fully saturated rings. The van der Waals surface area contributed by atoms with Gasteiger partial charge in [0.05, 0.1) is 30.1 Å². The minimum absolute atomic E-state index is 0.0650. The Bertz CT molecular complexity index is 1130. The summed E-state index contributed by atoms with van der Waals surface area (Å²) in [7, 11) is 0. The number of nitrogens with zero attached hydrogens (tertiary/aromatic N) is 5. The van der Waals surface area contributed by atoms with Crippen molar-refractivity contribution in [3.63, 3.8) is 0 Å². The van der Waals surface area contributed by atoms with Gasteiger partial charge in [0.25, 0.3) is 0 Å². The Morgan fingerprint density at radius 1 is 1.36 bits per heavy atom. The smallest absolute Gasteiger partial charge is 0.310 e. The summed E-state index contributed by atoms with van der Waals surface area (Å²) in [6.45, 7) is 3.56. The zero-order valence-electron chi connectivity index (χ0n) is 17.9. The van der Waals surface area contributed by atoms with Crippen LogP contribution >= 0.6 is 0 Å². The predicted molar refractivity (Wildman–Crippen MR) is 113 cm³/mol. The average Bonchev–Trinajstić information content (AvgIpc) is 3.54. The summed E-state index contributed by atoms with van der Waals surface area (Å²) in [5.74, 6) is -3.91. The fourth-order valence-corrected chi connectivity index (χ4v) is 5.79. The number of aliphatic hydroxyl groups excluding tert-OH is 1. The first-order chi connectivity index (χ1) is 15.9. The van der Waals surface area contributed by atoms with Crippen LogP contribution in [0.25, 0.3) is 11.0 Å². The Labute approximate surface area is 189 Å². The van der Waals surface area contributed by atoms with E-state index in [1.54, 1.807) is 10.8 Å². The number of carboxylic acid groups (broad SMARTS) is 1. The maximum atomic E-state index is 13.9. The molecule has 11 heteroatoms. The lowest BCUT2D eigenvalue weighted by atomic mass is 9.70. The lowest BCUT2D eigenvalue weighted by Gasteiger charge is -2.36. The third kappa shape index (κ3) is 3.06. The normalized spacial score (nSPS) is 30.1. The van der Waals surface area contributed by atoms with Crippen molar-refractivity contribution in [1.82, 2.24) is 24.8 Å². The second kappa shape index (κ2) is 7.92. The molecular formula is C22H25N5O6. The van der Waals surface area contributed by atoms with Crippen molar-refractivity contribution in [2.75, 3.05) is 19.7 Å². The number of hydrogen-bond acceptors (Lipinski definition) is 7. The first-order valence-corrected chi connectivity index (χ1v) is 10.9. The monoisotopic (exact) mass is 455 g/mol. The van der Waals surface area contributed by atoms with Crippen molar-refractivity contribution in [3.8, 4) is 0 Å². The van der Waals surface area contributed by atoms with Gasteiger partial charge in [-0.15, -0.1) is 11.7 Å². The molecule has 4 heterocycles. The number of fused-ring (bicyclic) bond motifs is 2. The van der Waals surface area contributed by atoms with Gasteiger partial charge >= 0.3 is 5.97 Å². The zero-order chi connectivity index (χ0) is 23.3. The number of hydrogen-bond donors (Lipinski definition) is 2. The summed E-state index contributed by atoms with van der Waals surface area (Å²) in [5.41, 5.74) is 0.206. The van der Waals surface area contributed by atoms with E-state index >= 15 is 0 Å². The molecule has 0 radical (unpaired) electrons. The average molecular weight is 455 g/mol. The van der Waals surface area contributed by atoms with Gasteiger partial charge in [0.2, 0.25) is 11.8 Å². The number of ether oxygens (including phenoxy) is 1. The standard InChI is InChI=1S/C22H25N5O6/c1-2-9-25(12-27-14-6-4-3-5-13(14)23-24-27)20(30)18-22-8-7-15(33-22)16(21(31)32)17(22)19(29)26(18)10-11-28/h2-6,15-18,28H,1,7-12H2,(H,31,32)/t15-,16+,17+,18-,22+/m0/s1. The minimum Gasteiger partial charge on any atom is -0.481 e. The summed E-state index contributed by atoms with van der Waals surface area (Å²) >= 11 is 0. The number of benzene rings is 1. The Hall–Kier alpha value is -3.31. The lowest BCUT2D eigenvalue weighted by Crippen LogP contribution is -2.56. The number of carboxylic acids is 1. The first kappa shape index (κ1) is 21.5. The second-order valence-electron chi connectivity index (χ2n) is 8.72. The number of aliphatic hydroxyl groups is 1. The van der Waals surface area contributed by atoms with Crippen LogP contribution in [0.3, 0.4) is 0 Å². The SMILES string of the molecule is C=CCN(Cn1nnc2ccccc21)C(=O)[C@@H]1N(CCO)C(=O)[C@H]2[C@H](C(=O)O)[C@@H]3CC[C@]12O3. The molecule has 11 nitrogen and oxygen atoms in total. The Morgan fingerprint density at radius 3 is 2.88 bits per heavy atom. The molecule has 5 atom stereocenters. The van der Waals surface area contributed by atoms with Gasteiger partial charge in [-0.05, 0) is 25.0 Å². The summed E-state index contributed by atoms with van der Waals surface area (Å²) in [6.07, 6.45) is 1.85. The molecule has 0 aliphatic carbocycles. The third-order valence-corrected chi connectivity index (χ3v) is 7.05. The number of carbonyl (C=O) groups is 3. The topological polar surface area (TPSA) is 138 Å². The summed E-state index contributed by atoms with van der Waals surface area (Å²) in [5, 5.41) is 27.7. The van der Waals surface area contributed by atoms with Crippen LogP contribution in [0.5, 0.6) is 0 Å². The number of β-amino-alcohol motifs (C(OH)–C–C–N with tert-alkyl or cyclic N) is 1. The number of aliphatic carboxylic acids is 1. The van der Waals surface area contributed by atoms with E-state index in [0.717, 1.165) is 5.52 Å². The molecule has 1 spiro atoms. The quantitative estimate of drug-likeness (QED) is 0.525. The van der Waals surface area contributed by atoms with Crippen molar-refractivity contribution in [2.45, 2.75) is 37.3 Å². The molecule has 1 aromatic heterocycles. The van der Waals surface area contributed by atoms with E-state index in [9.17, 15) is 24.6 Å². The number of aromatic nitrogens is 3. The fourth-order valence-electron chi connectivity index (χ4n) is 5.79. The molecular weight excluding hydrogens is 430 g/mol. The molecule has 3 saturated heterocycles. The maximum absolute atomic E-state index is 13.9. The van der Waals surface area contributed by atoms with Crippen molar-refractivity contribution in [3.05, 3.63) is 36.9 Å². The zero-order valence-corrected chi connectivity index (χ0v) is 17.9. The summed E-state index contributed by atoms with van der Waals surface area (Å²) in [4.78, 5) is 42.0. The minimum atomic E-state index is -1.22. The van der Waals surface area contributed by atoms with E-state index in [2.05, 4.69) is 16.9 Å². The van der Waals surface area contributed by atoms with Gasteiger partial charge in [0.1, 0.15) is 23.8 Å². The molecule has 174 valence electrons. The largest absolute Gasteiger partial charge is 0.481 e. The molecule has 3 aliphatic rings. The molecule has 2 amide bonds. The van der Waals surface area contributed by atoms with Crippen LogP contribution in [0, 0.1) is 11.8 Å². The highest BCUT2D eigenvalue weighted by Gasteiger charge is 2.74. The highest BCUT2D eigenvalue weighted by molar-refractivity contribution is 5.98. The molecule has 2 bridgehead atoms. The van der Waals surface area contributed by atoms with Gasteiger partial charge in [-0.1, -0.05) is 23.4 Å². The van der Waals surface area contributed by atoms with Crippen LogP contribution in [-0.4, -0.2) is 90.2 Å². The predicted octanol–water partition coefficient (Wildman–Crippen LogP) is -0.145. The van der Waals surface area contributed by atoms with Gasteiger partial charge in [-0.2, -0.15) is 0 Å². The lowest BCUT2D eigenvalue weighted by molar-refractivity contribution is -0.151. The fraction of sp³-hybridized carbons (Fsp3) is 0.500. The van der Waals surface area contributed by atoms with E-state index in [1.807, 2.05) is 24.3 Å². The van der Waals surface area contributed by atoms with E-state index in [-0.39, 0.29) is 26.4 Å². The molecule has 2 aromatic rings. The van der Waals surface area contributed by atoms with Crippen molar-refractivity contribution in [1.29, 1.82) is 0 Å². The van der Waals surface area contributed by atoms with Gasteiger partial charge in [0.15, 0.2) is 0 Å². The number of para-hydroxylation sites is 1. The number of likely N-dealkylation sites (tertiary alicyclic amines) is 1. The first-order valence-electron chi connectivity index (χ1n) is 10.9. The second-order valence-corrected chi connectivity index (χ2v) is 8.72. The van der Waals surface area contributed by atoms with Gasteiger partial charge in [0, 0.05) is 13.1 Å². The van der Waals surface area contributed by atoms with Gasteiger partial charge in [-0.3, -0.25) is 14.4 Å². The molecule has 3 aliphatic heterocycles. The van der Waals surface area contributed by atoms with Crippen molar-refractivity contribution < 1.29 is 29.3 Å². The van der Waals surface area contributed by atoms with Crippen LogP contribution in [0.4, 0.5) is 0 Å². The van der Waals surface area contributed by atoms with Crippen LogP contribution < -0.4 is 0 Å². The summed E-state index contributed by atoms with van der Waals surface area (Å²) in [6, 6.07) is 6.32. The number of carbonyl (C=O) groups excluding carboxylic acids is 2. The Morgan fingerprint density at radius 2 is 2.15 bits per heavy atom. The van der Waals surface area contributed by atoms with E-state index in [0.29, 0.717) is 18.4 Å². The van der Waals surface area contributed by atoms with E-state index < -0.39 is 47.4 Å². The third-order valence-electron chi connectivity index (χ3n) is 7.05. The van der Waals surface area contributed by atoms with Crippen LogP contribution in [0.1, 0.15) is 12.8 Å². The molecule has 33 heavy (non-hydrogen) atoms. The molecule has 0 unspecified atom stereocenters. The molecule has 2 N–H and O–H groups in total. The van der Waals surface area contributed by atoms with Gasteiger partial charge in [-0.25, -0.2) is 4.68 Å². The highest BCUT2D eigenvalue weighted by atomic mass is 16.5. The van der Waals surface area contributed by atoms with Gasteiger partial charge < -0.3 is 24.7 Å². The maximum Gasteiger partial charge on any atom is 0.310 e. The number of amides is 2. The van der Waals surface area contributed by atoms with Crippen LogP contribution in [-0.2, 0) is 25.8 Å². The van der Waals surface area contributed by atoms with Crippen LogP contribution in [0.2, 0.25) is 0 Å². The summed E-state index contributed by atoms with van der Waals surface area (Å²) < 4.78 is 7.73. The Balaban J connectivity index is 1.52.